The third-order valence-electron chi connectivity index (χ3n) is 4.77. The number of carbonyl (C=O) groups is 1. The van der Waals surface area contributed by atoms with Crippen LogP contribution in [0.3, 0.4) is 0 Å². The Hall–Kier alpha value is -4.45. The Morgan fingerprint density at radius 2 is 1.74 bits per heavy atom. The molecule has 1 amide bonds. The fourth-order valence-electron chi connectivity index (χ4n) is 3.09. The summed E-state index contributed by atoms with van der Waals surface area (Å²) < 4.78 is 33.2. The summed E-state index contributed by atoms with van der Waals surface area (Å²) in [5.41, 5.74) is 4.08. The second-order valence-corrected chi connectivity index (χ2v) is 9.00. The van der Waals surface area contributed by atoms with E-state index < -0.39 is 20.6 Å². The Morgan fingerprint density at radius 1 is 1.00 bits per heavy atom. The number of nitro groups is 1. The summed E-state index contributed by atoms with van der Waals surface area (Å²) in [6.45, 7) is 3.08. The number of hydrazone groups is 1. The molecule has 0 spiro atoms. The first-order valence-electron chi connectivity index (χ1n) is 10.2. The summed E-state index contributed by atoms with van der Waals surface area (Å²) in [6, 6.07) is 16.8. The van der Waals surface area contributed by atoms with Gasteiger partial charge in [0.05, 0.1) is 28.3 Å². The van der Waals surface area contributed by atoms with Crippen LogP contribution in [-0.2, 0) is 14.8 Å². The number of nitro benzene ring substituents is 1. The minimum absolute atomic E-state index is 0.00334. The minimum Gasteiger partial charge on any atom is -0.495 e. The monoisotopic (exact) mass is 497 g/mol. The van der Waals surface area contributed by atoms with Gasteiger partial charge >= 0.3 is 0 Å². The van der Waals surface area contributed by atoms with E-state index in [0.717, 1.165) is 6.07 Å². The largest absolute Gasteiger partial charge is 0.495 e. The molecular weight excluding hydrogens is 474 g/mol. The van der Waals surface area contributed by atoms with Crippen molar-refractivity contribution in [3.63, 3.8) is 0 Å². The highest BCUT2D eigenvalue weighted by atomic mass is 32.2. The van der Waals surface area contributed by atoms with Crippen molar-refractivity contribution >= 4 is 44.4 Å². The number of rotatable bonds is 9. The summed E-state index contributed by atoms with van der Waals surface area (Å²) in [5.74, 6) is 0.0805. The molecule has 0 unspecified atom stereocenters. The van der Waals surface area contributed by atoms with Gasteiger partial charge in [-0.25, -0.2) is 8.42 Å². The van der Waals surface area contributed by atoms with Crippen LogP contribution in [0.1, 0.15) is 19.4 Å². The summed E-state index contributed by atoms with van der Waals surface area (Å²) >= 11 is 0. The smallest absolute Gasteiger partial charge is 0.295 e. The third kappa shape index (κ3) is 6.32. The molecular formula is C23H23N5O6S. The van der Waals surface area contributed by atoms with E-state index in [0.29, 0.717) is 22.7 Å². The van der Waals surface area contributed by atoms with Crippen molar-refractivity contribution in [1.82, 2.24) is 0 Å². The number of carbonyl (C=O) groups excluding carboxylic acids is 1. The van der Waals surface area contributed by atoms with Crippen molar-refractivity contribution < 1.29 is 22.9 Å². The van der Waals surface area contributed by atoms with E-state index in [1.54, 1.807) is 49.4 Å². The molecule has 0 aliphatic rings. The summed E-state index contributed by atoms with van der Waals surface area (Å²) in [6.07, 6.45) is 0. The lowest BCUT2D eigenvalue weighted by molar-refractivity contribution is -0.384. The van der Waals surface area contributed by atoms with Crippen molar-refractivity contribution in [2.75, 3.05) is 22.6 Å². The first-order chi connectivity index (χ1) is 16.6. The SMILES string of the molecule is COc1ccccc1NS(=O)(=O)c1ccc(N/N=C(/C)c2cccc(NC(C)=O)c2)c([N+](=O)[O-])c1. The topological polar surface area (TPSA) is 152 Å². The molecule has 12 heteroatoms. The number of hydrogen-bond acceptors (Lipinski definition) is 8. The molecule has 3 aromatic rings. The maximum Gasteiger partial charge on any atom is 0.295 e. The Morgan fingerprint density at radius 3 is 2.43 bits per heavy atom. The van der Waals surface area contributed by atoms with E-state index in [2.05, 4.69) is 20.6 Å². The zero-order chi connectivity index (χ0) is 25.6. The first-order valence-corrected chi connectivity index (χ1v) is 11.7. The molecule has 3 N–H and O–H groups in total. The lowest BCUT2D eigenvalue weighted by Gasteiger charge is -2.12. The maximum atomic E-state index is 12.8. The van der Waals surface area contributed by atoms with Crippen LogP contribution in [0.2, 0.25) is 0 Å². The number of anilines is 3. The van der Waals surface area contributed by atoms with Gasteiger partial charge in [-0.15, -0.1) is 0 Å². The van der Waals surface area contributed by atoms with Gasteiger partial charge in [0.2, 0.25) is 5.91 Å². The molecule has 182 valence electrons. The molecule has 0 aliphatic heterocycles. The molecule has 0 radical (unpaired) electrons. The third-order valence-corrected chi connectivity index (χ3v) is 6.14. The van der Waals surface area contributed by atoms with Gasteiger partial charge in [-0.3, -0.25) is 25.1 Å². The Labute approximate surface area is 202 Å². The van der Waals surface area contributed by atoms with E-state index >= 15 is 0 Å². The zero-order valence-corrected chi connectivity index (χ0v) is 19.9. The number of hydrogen-bond donors (Lipinski definition) is 3. The maximum absolute atomic E-state index is 12.8. The highest BCUT2D eigenvalue weighted by Crippen LogP contribution is 2.30. The molecule has 0 aromatic heterocycles. The molecule has 0 saturated carbocycles. The van der Waals surface area contributed by atoms with E-state index in [-0.39, 0.29) is 22.2 Å². The van der Waals surface area contributed by atoms with Gasteiger partial charge in [-0.1, -0.05) is 24.3 Å². The van der Waals surface area contributed by atoms with Crippen molar-refractivity contribution in [2.45, 2.75) is 18.7 Å². The fourth-order valence-corrected chi connectivity index (χ4v) is 4.18. The van der Waals surface area contributed by atoms with Crippen molar-refractivity contribution in [2.24, 2.45) is 5.10 Å². The highest BCUT2D eigenvalue weighted by Gasteiger charge is 2.22. The number of amides is 1. The van der Waals surface area contributed by atoms with Gasteiger partial charge in [0.25, 0.3) is 15.7 Å². The highest BCUT2D eigenvalue weighted by molar-refractivity contribution is 7.92. The number of nitrogens with zero attached hydrogens (tertiary/aromatic N) is 2. The number of methoxy groups -OCH3 is 1. The fraction of sp³-hybridized carbons (Fsp3) is 0.130. The van der Waals surface area contributed by atoms with Crippen LogP contribution in [0.4, 0.5) is 22.7 Å². The number of sulfonamides is 1. The van der Waals surface area contributed by atoms with Gasteiger partial charge in [0.15, 0.2) is 0 Å². The molecule has 3 aromatic carbocycles. The average molecular weight is 498 g/mol. The van der Waals surface area contributed by atoms with Gasteiger partial charge in [0.1, 0.15) is 11.4 Å². The molecule has 3 rings (SSSR count). The summed E-state index contributed by atoms with van der Waals surface area (Å²) in [5, 5.41) is 18.5. The van der Waals surface area contributed by atoms with Crippen LogP contribution in [-0.4, -0.2) is 32.1 Å². The molecule has 11 nitrogen and oxygen atoms in total. The number of nitrogens with one attached hydrogen (secondary N) is 3. The van der Waals surface area contributed by atoms with Gasteiger partial charge in [-0.05, 0) is 48.9 Å². The molecule has 0 saturated heterocycles. The van der Waals surface area contributed by atoms with Crippen LogP contribution < -0.4 is 20.2 Å². The Kier molecular flexibility index (Phi) is 7.66. The van der Waals surface area contributed by atoms with Crippen molar-refractivity contribution in [3.05, 3.63) is 82.4 Å². The number of benzene rings is 3. The predicted octanol–water partition coefficient (Wildman–Crippen LogP) is 4.20. The van der Waals surface area contributed by atoms with Crippen molar-refractivity contribution in [1.29, 1.82) is 0 Å². The lowest BCUT2D eigenvalue weighted by Crippen LogP contribution is -2.14. The zero-order valence-electron chi connectivity index (χ0n) is 19.1. The number of para-hydroxylation sites is 2. The summed E-state index contributed by atoms with van der Waals surface area (Å²) in [4.78, 5) is 21.9. The van der Waals surface area contributed by atoms with Crippen LogP contribution in [0.25, 0.3) is 0 Å². The molecule has 0 bridgehead atoms. The van der Waals surface area contributed by atoms with Crippen molar-refractivity contribution in [3.8, 4) is 5.75 Å². The minimum atomic E-state index is -4.14. The molecule has 0 atom stereocenters. The Balaban J connectivity index is 1.87. The Bertz CT molecular complexity index is 1410. The van der Waals surface area contributed by atoms with E-state index in [1.807, 2.05) is 0 Å². The summed E-state index contributed by atoms with van der Waals surface area (Å²) in [7, 11) is -2.74. The van der Waals surface area contributed by atoms with Gasteiger partial charge < -0.3 is 10.1 Å². The lowest BCUT2D eigenvalue weighted by atomic mass is 10.1. The standard InChI is InChI=1S/C23H23N5O6S/c1-15(17-7-6-8-18(13-17)24-16(2)29)25-26-20-12-11-19(14-22(20)28(30)31)35(32,33)27-21-9-4-5-10-23(21)34-3/h4-14,26-27H,1-3H3,(H,24,29)/b25-15-. The second-order valence-electron chi connectivity index (χ2n) is 7.31. The normalized spacial score (nSPS) is 11.5. The van der Waals surface area contributed by atoms with Gasteiger partial charge in [0, 0.05) is 18.7 Å². The molecule has 35 heavy (non-hydrogen) atoms. The molecule has 0 aliphatic carbocycles. The molecule has 0 heterocycles. The van der Waals surface area contributed by atoms with Crippen LogP contribution in [0.5, 0.6) is 5.75 Å². The molecule has 0 fully saturated rings. The number of ether oxygens (including phenoxy) is 1. The van der Waals surface area contributed by atoms with Crippen LogP contribution in [0, 0.1) is 10.1 Å². The van der Waals surface area contributed by atoms with Crippen LogP contribution >= 0.6 is 0 Å². The predicted molar refractivity (Wildman–Crippen MR) is 133 cm³/mol. The quantitative estimate of drug-likeness (QED) is 0.228. The average Bonchev–Trinajstić information content (AvgIpc) is 2.82. The van der Waals surface area contributed by atoms with E-state index in [4.69, 9.17) is 4.74 Å². The van der Waals surface area contributed by atoms with E-state index in [1.165, 1.54) is 32.2 Å². The van der Waals surface area contributed by atoms with Gasteiger partial charge in [-0.2, -0.15) is 5.10 Å². The van der Waals surface area contributed by atoms with E-state index in [9.17, 15) is 23.3 Å². The van der Waals surface area contributed by atoms with Crippen LogP contribution in [0.15, 0.2) is 76.7 Å². The first kappa shape index (κ1) is 25.2. The second kappa shape index (κ2) is 10.7.